The normalized spacial score (nSPS) is 12.8. The van der Waals surface area contributed by atoms with Crippen molar-refractivity contribution in [2.75, 3.05) is 16.8 Å². The lowest BCUT2D eigenvalue weighted by molar-refractivity contribution is -0.156. The topological polar surface area (TPSA) is 59.2 Å². The molecule has 0 spiro atoms. The van der Waals surface area contributed by atoms with Crippen LogP contribution in [-0.4, -0.2) is 26.9 Å². The highest BCUT2D eigenvalue weighted by Crippen LogP contribution is 2.33. The Hall–Kier alpha value is -2.46. The average molecular weight is 450 g/mol. The standard InChI is InChI=1S/C18H16ClF4N3O2S/c1-29(2,27)26(15-6-4-3-5-13(15)19)10-12-8-7-11(9-14(12)20)16-24-25-17(28-16)18(21,22)23/h3-9,29H,10H2,1-2H3. The zero-order valence-corrected chi connectivity index (χ0v) is 16.9. The highest BCUT2D eigenvalue weighted by Gasteiger charge is 2.38. The molecule has 2 aromatic carbocycles. The Morgan fingerprint density at radius 3 is 2.38 bits per heavy atom. The highest BCUT2D eigenvalue weighted by atomic mass is 35.5. The Kier molecular flexibility index (Phi) is 5.68. The van der Waals surface area contributed by atoms with Crippen LogP contribution in [0.1, 0.15) is 11.5 Å². The van der Waals surface area contributed by atoms with E-state index in [1.165, 1.54) is 28.9 Å². The van der Waals surface area contributed by atoms with Crippen molar-refractivity contribution in [3.8, 4) is 11.5 Å². The molecule has 11 heteroatoms. The molecule has 0 fully saturated rings. The fourth-order valence-corrected chi connectivity index (χ4v) is 4.08. The van der Waals surface area contributed by atoms with Gasteiger partial charge in [-0.25, -0.2) is 4.39 Å². The van der Waals surface area contributed by atoms with Gasteiger partial charge in [-0.1, -0.05) is 29.8 Å². The lowest BCUT2D eigenvalue weighted by Crippen LogP contribution is -2.35. The van der Waals surface area contributed by atoms with Crippen molar-refractivity contribution >= 4 is 27.4 Å². The minimum Gasteiger partial charge on any atom is -0.413 e. The predicted octanol–water partition coefficient (Wildman–Crippen LogP) is 4.75. The first-order valence-corrected chi connectivity index (χ1v) is 11.2. The van der Waals surface area contributed by atoms with Crippen molar-refractivity contribution in [3.63, 3.8) is 0 Å². The number of rotatable bonds is 5. The molecule has 156 valence electrons. The first-order valence-electron chi connectivity index (χ1n) is 8.24. The number of thiol groups is 1. The minimum absolute atomic E-state index is 0.00489. The largest absolute Gasteiger partial charge is 0.470 e. The number of benzene rings is 2. The quantitative estimate of drug-likeness (QED) is 0.451. The Balaban J connectivity index is 1.92. The molecule has 0 amide bonds. The van der Waals surface area contributed by atoms with Crippen molar-refractivity contribution < 1.29 is 26.2 Å². The van der Waals surface area contributed by atoms with Gasteiger partial charge in [0.15, 0.2) is 0 Å². The molecular weight excluding hydrogens is 434 g/mol. The zero-order valence-electron chi connectivity index (χ0n) is 15.2. The summed E-state index contributed by atoms with van der Waals surface area (Å²) in [6, 6.07) is 10.4. The molecule has 0 saturated carbocycles. The lowest BCUT2D eigenvalue weighted by atomic mass is 10.1. The third kappa shape index (κ3) is 4.76. The van der Waals surface area contributed by atoms with Crippen molar-refractivity contribution in [2.45, 2.75) is 12.7 Å². The number of aromatic nitrogens is 2. The summed E-state index contributed by atoms with van der Waals surface area (Å²) < 4.78 is 71.3. The summed E-state index contributed by atoms with van der Waals surface area (Å²) in [5.74, 6) is -2.69. The van der Waals surface area contributed by atoms with Crippen LogP contribution in [-0.2, 0) is 22.8 Å². The highest BCUT2D eigenvalue weighted by molar-refractivity contribution is 8.03. The fourth-order valence-electron chi connectivity index (χ4n) is 2.60. The van der Waals surface area contributed by atoms with Crippen LogP contribution in [0, 0.1) is 5.82 Å². The molecule has 0 aliphatic carbocycles. The fraction of sp³-hybridized carbons (Fsp3) is 0.222. The molecule has 0 aliphatic rings. The molecule has 0 radical (unpaired) electrons. The van der Waals surface area contributed by atoms with Gasteiger partial charge in [-0.15, -0.1) is 10.2 Å². The second-order valence-electron chi connectivity index (χ2n) is 6.52. The minimum atomic E-state index is -4.79. The van der Waals surface area contributed by atoms with E-state index in [9.17, 15) is 21.8 Å². The van der Waals surface area contributed by atoms with E-state index >= 15 is 0 Å². The van der Waals surface area contributed by atoms with Gasteiger partial charge in [0, 0.05) is 23.6 Å². The molecule has 0 bridgehead atoms. The number of para-hydroxylation sites is 1. The van der Waals surface area contributed by atoms with Gasteiger partial charge in [0.25, 0.3) is 0 Å². The number of hydrogen-bond acceptors (Lipinski definition) is 4. The molecule has 0 unspecified atom stereocenters. The maximum atomic E-state index is 14.7. The van der Waals surface area contributed by atoms with Gasteiger partial charge in [0.05, 0.1) is 17.3 Å². The second-order valence-corrected chi connectivity index (χ2v) is 10.00. The van der Waals surface area contributed by atoms with Crippen LogP contribution >= 0.6 is 11.6 Å². The first-order chi connectivity index (χ1) is 13.5. The summed E-state index contributed by atoms with van der Waals surface area (Å²) >= 11 is 6.20. The number of anilines is 1. The van der Waals surface area contributed by atoms with Crippen molar-refractivity contribution in [2.24, 2.45) is 0 Å². The molecule has 1 aromatic heterocycles. The maximum absolute atomic E-state index is 14.7. The second kappa shape index (κ2) is 7.75. The Morgan fingerprint density at radius 1 is 1.14 bits per heavy atom. The lowest BCUT2D eigenvalue weighted by Gasteiger charge is -2.33. The molecule has 3 aromatic rings. The van der Waals surface area contributed by atoms with Crippen LogP contribution in [0.4, 0.5) is 23.2 Å². The SMILES string of the molecule is C[SH](C)(=O)N(Cc1ccc(-c2nnc(C(F)(F)F)o2)cc1F)c1ccccc1Cl. The van der Waals surface area contributed by atoms with Gasteiger partial charge in [0.1, 0.15) is 5.82 Å². The molecule has 0 aliphatic heterocycles. The summed E-state index contributed by atoms with van der Waals surface area (Å²) in [4.78, 5) is 0. The van der Waals surface area contributed by atoms with Crippen molar-refractivity contribution in [1.82, 2.24) is 10.2 Å². The van der Waals surface area contributed by atoms with Crippen LogP contribution < -0.4 is 4.31 Å². The van der Waals surface area contributed by atoms with Crippen LogP contribution in [0.15, 0.2) is 46.9 Å². The van der Waals surface area contributed by atoms with Crippen LogP contribution in [0.25, 0.3) is 11.5 Å². The van der Waals surface area contributed by atoms with E-state index in [-0.39, 0.29) is 17.7 Å². The molecular formula is C18H16ClF4N3O2S. The first kappa shape index (κ1) is 21.3. The third-order valence-electron chi connectivity index (χ3n) is 4.00. The van der Waals surface area contributed by atoms with Crippen LogP contribution in [0.2, 0.25) is 5.02 Å². The summed E-state index contributed by atoms with van der Waals surface area (Å²) in [6.07, 6.45) is -1.73. The van der Waals surface area contributed by atoms with Gasteiger partial charge in [-0.3, -0.25) is 4.21 Å². The smallest absolute Gasteiger partial charge is 0.413 e. The van der Waals surface area contributed by atoms with Gasteiger partial charge in [0.2, 0.25) is 5.89 Å². The molecule has 3 rings (SSSR count). The number of alkyl halides is 3. The van der Waals surface area contributed by atoms with E-state index in [4.69, 9.17) is 11.6 Å². The molecule has 0 N–H and O–H groups in total. The van der Waals surface area contributed by atoms with E-state index in [1.807, 2.05) is 0 Å². The third-order valence-corrected chi connectivity index (χ3v) is 5.84. The number of hydrogen-bond donors (Lipinski definition) is 1. The van der Waals surface area contributed by atoms with Crippen molar-refractivity contribution in [3.05, 3.63) is 64.8 Å². The number of halogens is 5. The monoisotopic (exact) mass is 449 g/mol. The molecule has 5 nitrogen and oxygen atoms in total. The van der Waals surface area contributed by atoms with E-state index in [1.54, 1.807) is 24.3 Å². The summed E-state index contributed by atoms with van der Waals surface area (Å²) in [5.41, 5.74) is 0.653. The summed E-state index contributed by atoms with van der Waals surface area (Å²) in [5, 5.41) is 6.59. The average Bonchev–Trinajstić information content (AvgIpc) is 3.11. The Bertz CT molecular complexity index is 1080. The predicted molar refractivity (Wildman–Crippen MR) is 104 cm³/mol. The van der Waals surface area contributed by atoms with Gasteiger partial charge < -0.3 is 8.72 Å². The van der Waals surface area contributed by atoms with Crippen molar-refractivity contribution in [1.29, 1.82) is 0 Å². The molecule has 29 heavy (non-hydrogen) atoms. The van der Waals surface area contributed by atoms with E-state index in [0.29, 0.717) is 10.7 Å². The zero-order chi connectivity index (χ0) is 21.4. The summed E-state index contributed by atoms with van der Waals surface area (Å²) in [6.45, 7) is -0.0578. The molecule has 1 heterocycles. The van der Waals surface area contributed by atoms with E-state index in [2.05, 4.69) is 14.6 Å². The molecule has 0 atom stereocenters. The van der Waals surface area contributed by atoms with E-state index < -0.39 is 33.9 Å². The Morgan fingerprint density at radius 2 is 1.83 bits per heavy atom. The van der Waals surface area contributed by atoms with Gasteiger partial charge >= 0.3 is 12.1 Å². The van der Waals surface area contributed by atoms with Crippen LogP contribution in [0.5, 0.6) is 0 Å². The van der Waals surface area contributed by atoms with Gasteiger partial charge in [-0.2, -0.15) is 13.2 Å². The summed E-state index contributed by atoms with van der Waals surface area (Å²) in [7, 11) is -2.88. The maximum Gasteiger partial charge on any atom is 0.470 e. The number of nitrogens with zero attached hydrogens (tertiary/aromatic N) is 3. The molecule has 0 saturated heterocycles. The van der Waals surface area contributed by atoms with E-state index in [0.717, 1.165) is 6.07 Å². The Labute approximate surface area is 169 Å². The van der Waals surface area contributed by atoms with Crippen LogP contribution in [0.3, 0.4) is 0 Å². The van der Waals surface area contributed by atoms with Gasteiger partial charge in [-0.05, 0) is 34.4 Å².